The first-order valence-corrected chi connectivity index (χ1v) is 10.2. The molecular weight excluding hydrogens is 382 g/mol. The SMILES string of the molecule is CC(=O)Nc1ccc(C(=O)NC[C@@H](c2cccs2)c2c[nH]c3ccccc23)cc1. The van der Waals surface area contributed by atoms with Gasteiger partial charge in [-0.1, -0.05) is 24.3 Å². The Balaban J connectivity index is 1.53. The molecule has 2 aromatic heterocycles. The van der Waals surface area contributed by atoms with Crippen LogP contribution in [0.5, 0.6) is 0 Å². The van der Waals surface area contributed by atoms with Gasteiger partial charge in [-0.3, -0.25) is 9.59 Å². The molecule has 4 rings (SSSR count). The number of aromatic nitrogens is 1. The van der Waals surface area contributed by atoms with Gasteiger partial charge in [-0.05, 0) is 47.3 Å². The zero-order valence-electron chi connectivity index (χ0n) is 15.9. The van der Waals surface area contributed by atoms with Crippen LogP contribution in [0.2, 0.25) is 0 Å². The van der Waals surface area contributed by atoms with Crippen molar-refractivity contribution in [3.63, 3.8) is 0 Å². The summed E-state index contributed by atoms with van der Waals surface area (Å²) in [6.07, 6.45) is 2.03. The van der Waals surface area contributed by atoms with E-state index in [9.17, 15) is 9.59 Å². The molecule has 0 saturated carbocycles. The van der Waals surface area contributed by atoms with Gasteiger partial charge in [-0.25, -0.2) is 0 Å². The molecule has 0 fully saturated rings. The van der Waals surface area contributed by atoms with E-state index in [1.165, 1.54) is 22.8 Å². The van der Waals surface area contributed by atoms with E-state index in [1.807, 2.05) is 24.4 Å². The van der Waals surface area contributed by atoms with Gasteiger partial charge in [0.25, 0.3) is 5.91 Å². The molecule has 0 spiro atoms. The Hall–Kier alpha value is -3.38. The van der Waals surface area contributed by atoms with Gasteiger partial charge in [0.15, 0.2) is 0 Å². The van der Waals surface area contributed by atoms with Gasteiger partial charge in [0.1, 0.15) is 0 Å². The molecule has 0 aliphatic heterocycles. The second-order valence-electron chi connectivity index (χ2n) is 6.83. The Morgan fingerprint density at radius 2 is 1.83 bits per heavy atom. The van der Waals surface area contributed by atoms with Crippen molar-refractivity contribution in [1.82, 2.24) is 10.3 Å². The quantitative estimate of drug-likeness (QED) is 0.435. The molecule has 146 valence electrons. The molecule has 5 nitrogen and oxygen atoms in total. The van der Waals surface area contributed by atoms with E-state index in [4.69, 9.17) is 0 Å². The maximum atomic E-state index is 12.7. The van der Waals surface area contributed by atoms with Gasteiger partial charge in [-0.15, -0.1) is 11.3 Å². The van der Waals surface area contributed by atoms with E-state index < -0.39 is 0 Å². The van der Waals surface area contributed by atoms with Crippen LogP contribution >= 0.6 is 11.3 Å². The molecule has 3 N–H and O–H groups in total. The standard InChI is InChI=1S/C23H21N3O2S/c1-15(27)26-17-10-8-16(9-11-17)23(28)25-14-20(22-7-4-12-29-22)19-13-24-21-6-3-2-5-18(19)21/h2-13,20,24H,14H2,1H3,(H,25,28)(H,26,27)/t20-/m1/s1. The predicted octanol–water partition coefficient (Wildman–Crippen LogP) is 4.75. The summed E-state index contributed by atoms with van der Waals surface area (Å²) in [4.78, 5) is 28.4. The lowest BCUT2D eigenvalue weighted by atomic mass is 9.96. The summed E-state index contributed by atoms with van der Waals surface area (Å²) in [5.74, 6) is -0.214. The molecule has 1 atom stereocenters. The predicted molar refractivity (Wildman–Crippen MR) is 118 cm³/mol. The lowest BCUT2D eigenvalue weighted by Gasteiger charge is -2.16. The third kappa shape index (κ3) is 4.22. The molecule has 2 heterocycles. The first-order valence-electron chi connectivity index (χ1n) is 9.37. The van der Waals surface area contributed by atoms with Crippen molar-refractivity contribution in [3.8, 4) is 0 Å². The van der Waals surface area contributed by atoms with Crippen LogP contribution in [0.1, 0.15) is 33.6 Å². The molecule has 0 aliphatic rings. The Bertz CT molecular complexity index is 1130. The molecule has 6 heteroatoms. The summed E-state index contributed by atoms with van der Waals surface area (Å²) >= 11 is 1.69. The van der Waals surface area contributed by atoms with Gasteiger partial charge >= 0.3 is 0 Å². The Morgan fingerprint density at radius 3 is 2.55 bits per heavy atom. The minimum absolute atomic E-state index is 0.0637. The number of benzene rings is 2. The van der Waals surface area contributed by atoms with Crippen LogP contribution in [0.15, 0.2) is 72.2 Å². The average molecular weight is 404 g/mol. The van der Waals surface area contributed by atoms with Crippen LogP contribution in [0, 0.1) is 0 Å². The third-order valence-electron chi connectivity index (χ3n) is 4.82. The number of anilines is 1. The Morgan fingerprint density at radius 1 is 1.03 bits per heavy atom. The van der Waals surface area contributed by atoms with Gasteiger partial charge < -0.3 is 15.6 Å². The Labute approximate surface area is 172 Å². The minimum atomic E-state index is -0.139. The van der Waals surface area contributed by atoms with Crippen molar-refractivity contribution in [3.05, 3.63) is 88.2 Å². The van der Waals surface area contributed by atoms with Crippen molar-refractivity contribution >= 4 is 39.7 Å². The molecule has 29 heavy (non-hydrogen) atoms. The molecule has 0 aliphatic carbocycles. The highest BCUT2D eigenvalue weighted by atomic mass is 32.1. The number of aromatic amines is 1. The lowest BCUT2D eigenvalue weighted by Crippen LogP contribution is -2.28. The van der Waals surface area contributed by atoms with E-state index in [0.717, 1.165) is 5.52 Å². The molecule has 0 bridgehead atoms. The largest absolute Gasteiger partial charge is 0.361 e. The fraction of sp³-hybridized carbons (Fsp3) is 0.130. The highest BCUT2D eigenvalue weighted by Gasteiger charge is 2.20. The minimum Gasteiger partial charge on any atom is -0.361 e. The van der Waals surface area contributed by atoms with Crippen molar-refractivity contribution < 1.29 is 9.59 Å². The number of para-hydroxylation sites is 1. The number of hydrogen-bond acceptors (Lipinski definition) is 3. The van der Waals surface area contributed by atoms with E-state index in [2.05, 4.69) is 39.2 Å². The molecule has 2 amide bonds. The second kappa shape index (κ2) is 8.32. The number of fused-ring (bicyclic) bond motifs is 1. The molecule has 0 unspecified atom stereocenters. The number of carbonyl (C=O) groups excluding carboxylic acids is 2. The van der Waals surface area contributed by atoms with Gasteiger partial charge in [0.05, 0.1) is 0 Å². The number of hydrogen-bond donors (Lipinski definition) is 3. The number of rotatable bonds is 6. The molecule has 2 aromatic carbocycles. The van der Waals surface area contributed by atoms with Gasteiger partial charge in [-0.2, -0.15) is 0 Å². The highest BCUT2D eigenvalue weighted by Crippen LogP contribution is 2.32. The summed E-state index contributed by atoms with van der Waals surface area (Å²) in [5.41, 5.74) is 3.49. The topological polar surface area (TPSA) is 74.0 Å². The third-order valence-corrected chi connectivity index (χ3v) is 5.80. The van der Waals surface area contributed by atoms with E-state index in [1.54, 1.807) is 35.6 Å². The zero-order chi connectivity index (χ0) is 20.2. The summed E-state index contributed by atoms with van der Waals surface area (Å²) < 4.78 is 0. The second-order valence-corrected chi connectivity index (χ2v) is 7.81. The van der Waals surface area contributed by atoms with Crippen molar-refractivity contribution in [2.75, 3.05) is 11.9 Å². The van der Waals surface area contributed by atoms with Gasteiger partial charge in [0, 0.05) is 52.6 Å². The van der Waals surface area contributed by atoms with E-state index in [0.29, 0.717) is 17.8 Å². The lowest BCUT2D eigenvalue weighted by molar-refractivity contribution is -0.114. The van der Waals surface area contributed by atoms with Crippen LogP contribution in [0.4, 0.5) is 5.69 Å². The number of thiophene rings is 1. The normalized spacial score (nSPS) is 11.9. The van der Waals surface area contributed by atoms with Crippen LogP contribution in [0.3, 0.4) is 0 Å². The maximum Gasteiger partial charge on any atom is 0.251 e. The fourth-order valence-corrected chi connectivity index (χ4v) is 4.29. The van der Waals surface area contributed by atoms with E-state index >= 15 is 0 Å². The number of nitrogens with one attached hydrogen (secondary N) is 3. The first-order chi connectivity index (χ1) is 14.1. The molecule has 0 radical (unpaired) electrons. The molecule has 4 aromatic rings. The summed E-state index contributed by atoms with van der Waals surface area (Å²) in [6, 6.07) is 19.2. The summed E-state index contributed by atoms with van der Waals surface area (Å²) in [6.45, 7) is 1.95. The van der Waals surface area contributed by atoms with Crippen molar-refractivity contribution in [2.45, 2.75) is 12.8 Å². The fourth-order valence-electron chi connectivity index (χ4n) is 3.44. The monoisotopic (exact) mass is 403 g/mol. The van der Waals surface area contributed by atoms with Crippen LogP contribution in [0.25, 0.3) is 10.9 Å². The number of amides is 2. The number of carbonyl (C=O) groups is 2. The van der Waals surface area contributed by atoms with Crippen molar-refractivity contribution in [1.29, 1.82) is 0 Å². The average Bonchev–Trinajstić information content (AvgIpc) is 3.39. The number of H-pyrrole nitrogens is 1. The molecule has 0 saturated heterocycles. The maximum absolute atomic E-state index is 12.7. The zero-order valence-corrected chi connectivity index (χ0v) is 16.8. The van der Waals surface area contributed by atoms with Crippen molar-refractivity contribution in [2.24, 2.45) is 0 Å². The van der Waals surface area contributed by atoms with E-state index in [-0.39, 0.29) is 17.7 Å². The Kier molecular flexibility index (Phi) is 5.44. The molecular formula is C23H21N3O2S. The first kappa shape index (κ1) is 19.0. The smallest absolute Gasteiger partial charge is 0.251 e. The van der Waals surface area contributed by atoms with Crippen LogP contribution in [-0.4, -0.2) is 23.3 Å². The van der Waals surface area contributed by atoms with Crippen LogP contribution < -0.4 is 10.6 Å². The summed E-state index contributed by atoms with van der Waals surface area (Å²) in [5, 5.41) is 8.99. The van der Waals surface area contributed by atoms with Gasteiger partial charge in [0.2, 0.25) is 5.91 Å². The summed E-state index contributed by atoms with van der Waals surface area (Å²) in [7, 11) is 0. The highest BCUT2D eigenvalue weighted by molar-refractivity contribution is 7.10. The van der Waals surface area contributed by atoms with Crippen LogP contribution in [-0.2, 0) is 4.79 Å².